The van der Waals surface area contributed by atoms with Crippen LogP contribution in [0.3, 0.4) is 0 Å². The van der Waals surface area contributed by atoms with Crippen molar-refractivity contribution in [3.63, 3.8) is 0 Å². The van der Waals surface area contributed by atoms with Crippen LogP contribution in [0.4, 0.5) is 8.78 Å². The van der Waals surface area contributed by atoms with Crippen molar-refractivity contribution in [1.82, 2.24) is 0 Å². The molecule has 2 rings (SSSR count). The van der Waals surface area contributed by atoms with Crippen LogP contribution in [0, 0.1) is 11.6 Å². The zero-order chi connectivity index (χ0) is 13.7. The highest BCUT2D eigenvalue weighted by atomic mass is 19.2. The smallest absolute Gasteiger partial charge is 0.159 e. The second kappa shape index (κ2) is 5.91. The predicted octanol–water partition coefficient (Wildman–Crippen LogP) is 3.86. The van der Waals surface area contributed by atoms with Gasteiger partial charge in [-0.3, -0.25) is 0 Å². The Balaban J connectivity index is 2.23. The topological polar surface area (TPSA) is 32.6 Å². The van der Waals surface area contributed by atoms with Gasteiger partial charge in [-0.1, -0.05) is 47.6 Å². The Morgan fingerprint density at radius 2 is 1.74 bits per heavy atom. The lowest BCUT2D eigenvalue weighted by atomic mass is 10.1. The van der Waals surface area contributed by atoms with Gasteiger partial charge >= 0.3 is 0 Å². The SMILES string of the molecule is O/N=C(/C=C/c1ccc(F)c(F)c1)c1ccccc1. The fourth-order valence-corrected chi connectivity index (χ4v) is 1.59. The predicted molar refractivity (Wildman–Crippen MR) is 70.2 cm³/mol. The minimum Gasteiger partial charge on any atom is -0.410 e. The molecule has 0 radical (unpaired) electrons. The van der Waals surface area contributed by atoms with Gasteiger partial charge in [0.05, 0.1) is 0 Å². The number of hydrogen-bond acceptors (Lipinski definition) is 2. The number of halogens is 2. The summed E-state index contributed by atoms with van der Waals surface area (Å²) in [6.07, 6.45) is 3.08. The van der Waals surface area contributed by atoms with Crippen LogP contribution < -0.4 is 0 Å². The van der Waals surface area contributed by atoms with Gasteiger partial charge in [-0.15, -0.1) is 0 Å². The third-order valence-electron chi connectivity index (χ3n) is 2.55. The third kappa shape index (κ3) is 3.25. The van der Waals surface area contributed by atoms with Gasteiger partial charge in [-0.25, -0.2) is 8.78 Å². The molecule has 19 heavy (non-hydrogen) atoms. The van der Waals surface area contributed by atoms with Gasteiger partial charge in [0.1, 0.15) is 5.71 Å². The Kier molecular flexibility index (Phi) is 4.03. The molecule has 0 fully saturated rings. The quantitative estimate of drug-likeness (QED) is 0.506. The number of hydrogen-bond donors (Lipinski definition) is 1. The summed E-state index contributed by atoms with van der Waals surface area (Å²) in [7, 11) is 0. The van der Waals surface area contributed by atoms with E-state index in [1.165, 1.54) is 12.1 Å². The van der Waals surface area contributed by atoms with Gasteiger partial charge in [-0.05, 0) is 23.8 Å². The lowest BCUT2D eigenvalue weighted by molar-refractivity contribution is 0.320. The molecule has 0 spiro atoms. The Bertz CT molecular complexity index is 621. The van der Waals surface area contributed by atoms with Crippen molar-refractivity contribution in [3.8, 4) is 0 Å². The standard InChI is InChI=1S/C15H11F2NO/c16-13-8-6-11(10-14(13)17)7-9-15(18-19)12-4-2-1-3-5-12/h1-10,19H/b9-7+,18-15-. The summed E-state index contributed by atoms with van der Waals surface area (Å²) in [5.41, 5.74) is 1.55. The van der Waals surface area contributed by atoms with Gasteiger partial charge in [0.2, 0.25) is 0 Å². The molecule has 2 aromatic carbocycles. The zero-order valence-corrected chi connectivity index (χ0v) is 9.92. The number of rotatable bonds is 3. The molecule has 0 unspecified atom stereocenters. The molecule has 2 aromatic rings. The average Bonchev–Trinajstić information content (AvgIpc) is 2.44. The summed E-state index contributed by atoms with van der Waals surface area (Å²) in [5.74, 6) is -1.80. The van der Waals surface area contributed by atoms with Crippen molar-refractivity contribution in [2.45, 2.75) is 0 Å². The molecule has 0 bridgehead atoms. The highest BCUT2D eigenvalue weighted by Crippen LogP contribution is 2.11. The van der Waals surface area contributed by atoms with Gasteiger partial charge in [0.15, 0.2) is 11.6 Å². The van der Waals surface area contributed by atoms with Crippen LogP contribution in [0.1, 0.15) is 11.1 Å². The fraction of sp³-hybridized carbons (Fsp3) is 0. The van der Waals surface area contributed by atoms with Crippen molar-refractivity contribution in [2.75, 3.05) is 0 Å². The third-order valence-corrected chi connectivity index (χ3v) is 2.55. The Morgan fingerprint density at radius 1 is 1.00 bits per heavy atom. The molecule has 0 saturated heterocycles. The lowest BCUT2D eigenvalue weighted by Crippen LogP contribution is -1.95. The summed E-state index contributed by atoms with van der Waals surface area (Å²) >= 11 is 0. The Labute approximate surface area is 109 Å². The molecule has 0 aliphatic rings. The van der Waals surface area contributed by atoms with Crippen molar-refractivity contribution in [2.24, 2.45) is 5.16 Å². The maximum Gasteiger partial charge on any atom is 0.159 e. The number of allylic oxidation sites excluding steroid dienone is 1. The van der Waals surface area contributed by atoms with Crippen molar-refractivity contribution < 1.29 is 14.0 Å². The van der Waals surface area contributed by atoms with E-state index in [0.29, 0.717) is 11.3 Å². The lowest BCUT2D eigenvalue weighted by Gasteiger charge is -1.99. The zero-order valence-electron chi connectivity index (χ0n) is 9.92. The molecule has 1 N–H and O–H groups in total. The maximum absolute atomic E-state index is 13.0. The Hall–Kier alpha value is -2.49. The second-order valence-corrected chi connectivity index (χ2v) is 3.86. The van der Waals surface area contributed by atoms with E-state index in [-0.39, 0.29) is 0 Å². The van der Waals surface area contributed by atoms with Gasteiger partial charge in [-0.2, -0.15) is 0 Å². The van der Waals surface area contributed by atoms with E-state index in [4.69, 9.17) is 5.21 Å². The maximum atomic E-state index is 13.0. The molecule has 96 valence electrons. The van der Waals surface area contributed by atoms with Crippen LogP contribution in [-0.2, 0) is 0 Å². The van der Waals surface area contributed by atoms with Crippen LogP contribution in [0.15, 0.2) is 59.8 Å². The van der Waals surface area contributed by atoms with E-state index < -0.39 is 11.6 Å². The molecule has 0 amide bonds. The average molecular weight is 259 g/mol. The van der Waals surface area contributed by atoms with E-state index in [1.54, 1.807) is 18.2 Å². The molecule has 0 aromatic heterocycles. The molecule has 0 heterocycles. The first-order valence-corrected chi connectivity index (χ1v) is 5.61. The molecule has 0 saturated carbocycles. The molecule has 0 aliphatic heterocycles. The highest BCUT2D eigenvalue weighted by molar-refractivity contribution is 6.10. The van der Waals surface area contributed by atoms with Gasteiger partial charge in [0, 0.05) is 5.56 Å². The number of oxime groups is 1. The first-order valence-electron chi connectivity index (χ1n) is 5.61. The molecule has 4 heteroatoms. The first kappa shape index (κ1) is 13.0. The van der Waals surface area contributed by atoms with Crippen molar-refractivity contribution in [3.05, 3.63) is 77.4 Å². The molecular weight excluding hydrogens is 248 g/mol. The monoisotopic (exact) mass is 259 g/mol. The van der Waals surface area contributed by atoms with Crippen molar-refractivity contribution in [1.29, 1.82) is 0 Å². The summed E-state index contributed by atoms with van der Waals surface area (Å²) in [5, 5.41) is 12.1. The van der Waals surface area contributed by atoms with E-state index in [9.17, 15) is 8.78 Å². The van der Waals surface area contributed by atoms with Crippen LogP contribution in [0.2, 0.25) is 0 Å². The molecule has 0 atom stereocenters. The van der Waals surface area contributed by atoms with Gasteiger partial charge < -0.3 is 5.21 Å². The molecule has 2 nitrogen and oxygen atoms in total. The summed E-state index contributed by atoms with van der Waals surface area (Å²) in [6.45, 7) is 0. The highest BCUT2D eigenvalue weighted by Gasteiger charge is 2.02. The van der Waals surface area contributed by atoms with E-state index in [0.717, 1.165) is 17.7 Å². The Morgan fingerprint density at radius 3 is 2.37 bits per heavy atom. The van der Waals surface area contributed by atoms with E-state index in [1.807, 2.05) is 18.2 Å². The first-order chi connectivity index (χ1) is 9.20. The second-order valence-electron chi connectivity index (χ2n) is 3.86. The summed E-state index contributed by atoms with van der Waals surface area (Å²) in [6, 6.07) is 12.6. The van der Waals surface area contributed by atoms with Crippen LogP contribution in [0.5, 0.6) is 0 Å². The number of benzene rings is 2. The van der Waals surface area contributed by atoms with Crippen LogP contribution >= 0.6 is 0 Å². The van der Waals surface area contributed by atoms with Crippen LogP contribution in [0.25, 0.3) is 6.08 Å². The van der Waals surface area contributed by atoms with E-state index in [2.05, 4.69) is 5.16 Å². The minimum absolute atomic E-state index is 0.338. The van der Waals surface area contributed by atoms with Crippen molar-refractivity contribution >= 4 is 11.8 Å². The minimum atomic E-state index is -0.913. The summed E-state index contributed by atoms with van der Waals surface area (Å²) in [4.78, 5) is 0. The summed E-state index contributed by atoms with van der Waals surface area (Å²) < 4.78 is 25.8. The van der Waals surface area contributed by atoms with Gasteiger partial charge in [0.25, 0.3) is 0 Å². The fourth-order valence-electron chi connectivity index (χ4n) is 1.59. The number of nitrogens with zero attached hydrogens (tertiary/aromatic N) is 1. The van der Waals surface area contributed by atoms with Crippen LogP contribution in [-0.4, -0.2) is 10.9 Å². The van der Waals surface area contributed by atoms with E-state index >= 15 is 0 Å². The molecular formula is C15H11F2NO. The largest absolute Gasteiger partial charge is 0.410 e. The molecule has 0 aliphatic carbocycles. The normalized spacial score (nSPS) is 12.0.